The molecule has 2 saturated heterocycles. The first-order valence-electron chi connectivity index (χ1n) is 9.85. The lowest BCUT2D eigenvalue weighted by atomic mass is 10.1. The Kier molecular flexibility index (Phi) is 5.28. The molecule has 2 fully saturated rings. The van der Waals surface area contributed by atoms with Gasteiger partial charge in [0.25, 0.3) is 5.91 Å². The van der Waals surface area contributed by atoms with E-state index in [-0.39, 0.29) is 29.9 Å². The zero-order chi connectivity index (χ0) is 19.7. The SMILES string of the molecule is CC(C)c1cc(C(=O)N[C@H]2C[C@H]3CO[C@@H](c4ccccc4)CN3C2)nc(N)n1. The van der Waals surface area contributed by atoms with Gasteiger partial charge in [-0.05, 0) is 24.0 Å². The number of morpholine rings is 1. The van der Waals surface area contributed by atoms with Crippen molar-refractivity contribution in [2.24, 2.45) is 0 Å². The van der Waals surface area contributed by atoms with Gasteiger partial charge in [0, 0.05) is 30.9 Å². The maximum atomic E-state index is 12.7. The van der Waals surface area contributed by atoms with Crippen LogP contribution in [-0.2, 0) is 4.74 Å². The maximum Gasteiger partial charge on any atom is 0.270 e. The molecular formula is C21H27N5O2. The molecule has 1 amide bonds. The third kappa shape index (κ3) is 4.00. The van der Waals surface area contributed by atoms with Gasteiger partial charge in [0.15, 0.2) is 0 Å². The average molecular weight is 381 g/mol. The molecular weight excluding hydrogens is 354 g/mol. The summed E-state index contributed by atoms with van der Waals surface area (Å²) in [5.74, 6) is 0.130. The highest BCUT2D eigenvalue weighted by molar-refractivity contribution is 5.92. The van der Waals surface area contributed by atoms with Crippen LogP contribution in [0.25, 0.3) is 0 Å². The molecule has 3 heterocycles. The van der Waals surface area contributed by atoms with Gasteiger partial charge in [0.05, 0.1) is 12.7 Å². The highest BCUT2D eigenvalue weighted by Crippen LogP contribution is 2.30. The minimum atomic E-state index is -0.193. The number of hydrogen-bond acceptors (Lipinski definition) is 6. The number of amides is 1. The number of carbonyl (C=O) groups excluding carboxylic acids is 1. The van der Waals surface area contributed by atoms with E-state index in [1.54, 1.807) is 6.07 Å². The summed E-state index contributed by atoms with van der Waals surface area (Å²) in [6.07, 6.45) is 0.965. The number of anilines is 1. The number of nitrogens with two attached hydrogens (primary N) is 1. The van der Waals surface area contributed by atoms with Crippen molar-refractivity contribution in [1.29, 1.82) is 0 Å². The van der Waals surface area contributed by atoms with Gasteiger partial charge in [-0.3, -0.25) is 9.69 Å². The quantitative estimate of drug-likeness (QED) is 0.843. The fourth-order valence-corrected chi connectivity index (χ4v) is 4.00. The number of hydrogen-bond donors (Lipinski definition) is 2. The number of nitrogen functional groups attached to an aromatic ring is 1. The van der Waals surface area contributed by atoms with Crippen molar-refractivity contribution in [3.05, 3.63) is 53.3 Å². The van der Waals surface area contributed by atoms with Gasteiger partial charge in [-0.15, -0.1) is 0 Å². The lowest BCUT2D eigenvalue weighted by Crippen LogP contribution is -2.43. The Hall–Kier alpha value is -2.51. The van der Waals surface area contributed by atoms with Crippen LogP contribution in [0, 0.1) is 0 Å². The maximum absolute atomic E-state index is 12.7. The molecule has 0 saturated carbocycles. The van der Waals surface area contributed by atoms with Gasteiger partial charge in [-0.1, -0.05) is 44.2 Å². The normalized spacial score (nSPS) is 24.9. The first kappa shape index (κ1) is 18.8. The molecule has 7 heteroatoms. The van der Waals surface area contributed by atoms with Crippen molar-refractivity contribution in [2.75, 3.05) is 25.4 Å². The zero-order valence-electron chi connectivity index (χ0n) is 16.3. The van der Waals surface area contributed by atoms with Crippen molar-refractivity contribution < 1.29 is 9.53 Å². The Bertz CT molecular complexity index is 842. The van der Waals surface area contributed by atoms with Crippen molar-refractivity contribution in [1.82, 2.24) is 20.2 Å². The third-order valence-corrected chi connectivity index (χ3v) is 5.51. The average Bonchev–Trinajstić information content (AvgIpc) is 3.09. The van der Waals surface area contributed by atoms with Crippen LogP contribution in [0.1, 0.15) is 54.0 Å². The van der Waals surface area contributed by atoms with Gasteiger partial charge in [-0.2, -0.15) is 0 Å². The molecule has 1 aromatic carbocycles. The molecule has 2 aliphatic rings. The number of fused-ring (bicyclic) bond motifs is 1. The molecule has 3 atom stereocenters. The molecule has 2 aromatic rings. The number of benzene rings is 1. The number of nitrogens with zero attached hydrogens (tertiary/aromatic N) is 3. The second-order valence-corrected chi connectivity index (χ2v) is 7.94. The van der Waals surface area contributed by atoms with Crippen molar-refractivity contribution >= 4 is 11.9 Å². The molecule has 0 bridgehead atoms. The summed E-state index contributed by atoms with van der Waals surface area (Å²) in [5, 5.41) is 3.12. The van der Waals surface area contributed by atoms with Gasteiger partial charge >= 0.3 is 0 Å². The number of carbonyl (C=O) groups is 1. The monoisotopic (exact) mass is 381 g/mol. The standard InChI is InChI=1S/C21H27N5O2/c1-13(2)17-9-18(25-21(22)24-17)20(27)23-15-8-16-12-28-19(11-26(16)10-15)14-6-4-3-5-7-14/h3-7,9,13,15-16,19H,8,10-12H2,1-2H3,(H,23,27)(H2,22,24,25)/t15-,16-,19+/m0/s1. The van der Waals surface area contributed by atoms with Crippen LogP contribution in [0.5, 0.6) is 0 Å². The van der Waals surface area contributed by atoms with E-state index >= 15 is 0 Å². The smallest absolute Gasteiger partial charge is 0.270 e. The lowest BCUT2D eigenvalue weighted by Gasteiger charge is -2.35. The molecule has 1 aromatic heterocycles. The van der Waals surface area contributed by atoms with E-state index in [4.69, 9.17) is 10.5 Å². The van der Waals surface area contributed by atoms with Gasteiger partial charge < -0.3 is 15.8 Å². The molecule has 0 aliphatic carbocycles. The van der Waals surface area contributed by atoms with Crippen LogP contribution < -0.4 is 11.1 Å². The van der Waals surface area contributed by atoms with Crippen LogP contribution in [-0.4, -0.2) is 52.6 Å². The molecule has 0 unspecified atom stereocenters. The zero-order valence-corrected chi connectivity index (χ0v) is 16.3. The minimum absolute atomic E-state index is 0.0781. The second kappa shape index (κ2) is 7.85. The van der Waals surface area contributed by atoms with Gasteiger partial charge in [-0.25, -0.2) is 9.97 Å². The first-order valence-corrected chi connectivity index (χ1v) is 9.85. The molecule has 148 valence electrons. The van der Waals surface area contributed by atoms with Crippen molar-refractivity contribution in [2.45, 2.75) is 44.4 Å². The van der Waals surface area contributed by atoms with E-state index in [0.29, 0.717) is 18.3 Å². The Morgan fingerprint density at radius 1 is 1.25 bits per heavy atom. The van der Waals surface area contributed by atoms with Gasteiger partial charge in [0.1, 0.15) is 5.69 Å². The number of ether oxygens (including phenoxy) is 1. The topological polar surface area (TPSA) is 93.4 Å². The Balaban J connectivity index is 1.39. The summed E-state index contributed by atoms with van der Waals surface area (Å²) in [6.45, 7) is 6.38. The number of aromatic nitrogens is 2. The van der Waals surface area contributed by atoms with Crippen molar-refractivity contribution in [3.63, 3.8) is 0 Å². The van der Waals surface area contributed by atoms with E-state index < -0.39 is 0 Å². The van der Waals surface area contributed by atoms with Crippen LogP contribution in [0.3, 0.4) is 0 Å². The molecule has 0 radical (unpaired) electrons. The molecule has 4 rings (SSSR count). The van der Waals surface area contributed by atoms with Crippen LogP contribution >= 0.6 is 0 Å². The highest BCUT2D eigenvalue weighted by Gasteiger charge is 2.38. The second-order valence-electron chi connectivity index (χ2n) is 7.94. The summed E-state index contributed by atoms with van der Waals surface area (Å²) < 4.78 is 6.08. The Morgan fingerprint density at radius 2 is 2.04 bits per heavy atom. The summed E-state index contributed by atoms with van der Waals surface area (Å²) in [7, 11) is 0. The third-order valence-electron chi connectivity index (χ3n) is 5.51. The van der Waals surface area contributed by atoms with Crippen LogP contribution in [0.2, 0.25) is 0 Å². The summed E-state index contributed by atoms with van der Waals surface area (Å²) in [4.78, 5) is 23.5. The lowest BCUT2D eigenvalue weighted by molar-refractivity contribution is -0.0502. The number of rotatable bonds is 4. The van der Waals surface area contributed by atoms with E-state index in [9.17, 15) is 4.79 Å². The predicted octanol–water partition coefficient (Wildman–Crippen LogP) is 2.13. The minimum Gasteiger partial charge on any atom is -0.371 e. The van der Waals surface area contributed by atoms with E-state index in [2.05, 4.69) is 32.3 Å². The Labute approximate surface area is 165 Å². The Morgan fingerprint density at radius 3 is 2.79 bits per heavy atom. The summed E-state index contributed by atoms with van der Waals surface area (Å²) >= 11 is 0. The van der Waals surface area contributed by atoms with Crippen molar-refractivity contribution in [3.8, 4) is 0 Å². The van der Waals surface area contributed by atoms with E-state index in [1.807, 2.05) is 32.0 Å². The molecule has 28 heavy (non-hydrogen) atoms. The van der Waals surface area contributed by atoms with Crippen LogP contribution in [0.15, 0.2) is 36.4 Å². The largest absolute Gasteiger partial charge is 0.371 e. The van der Waals surface area contributed by atoms with E-state index in [0.717, 1.165) is 25.2 Å². The summed E-state index contributed by atoms with van der Waals surface area (Å²) in [5.41, 5.74) is 8.09. The number of nitrogens with one attached hydrogen (secondary N) is 1. The molecule has 0 spiro atoms. The summed E-state index contributed by atoms with van der Waals surface area (Å²) in [6, 6.07) is 12.4. The highest BCUT2D eigenvalue weighted by atomic mass is 16.5. The van der Waals surface area contributed by atoms with Gasteiger partial charge in [0.2, 0.25) is 5.95 Å². The molecule has 7 nitrogen and oxygen atoms in total. The first-order chi connectivity index (χ1) is 13.5. The predicted molar refractivity (Wildman–Crippen MR) is 107 cm³/mol. The van der Waals surface area contributed by atoms with E-state index in [1.165, 1.54) is 5.56 Å². The molecule has 3 N–H and O–H groups in total. The fourth-order valence-electron chi connectivity index (χ4n) is 4.00. The molecule has 2 aliphatic heterocycles. The fraction of sp³-hybridized carbons (Fsp3) is 0.476. The van der Waals surface area contributed by atoms with Crippen LogP contribution in [0.4, 0.5) is 5.95 Å².